The van der Waals surface area contributed by atoms with Crippen molar-refractivity contribution in [3.05, 3.63) is 95.1 Å². The summed E-state index contributed by atoms with van der Waals surface area (Å²) in [5.74, 6) is 0.932. The van der Waals surface area contributed by atoms with Crippen LogP contribution < -0.4 is 4.74 Å². The van der Waals surface area contributed by atoms with Crippen LogP contribution in [0.1, 0.15) is 72.5 Å². The summed E-state index contributed by atoms with van der Waals surface area (Å²) in [6.07, 6.45) is 14.9. The van der Waals surface area contributed by atoms with Gasteiger partial charge in [0.15, 0.2) is 0 Å². The number of allylic oxidation sites excluding steroid dienone is 6. The van der Waals surface area contributed by atoms with E-state index in [2.05, 4.69) is 69.4 Å². The molecule has 0 saturated carbocycles. The number of carboxylic acids is 1. The summed E-state index contributed by atoms with van der Waals surface area (Å²) in [6, 6.07) is 13.8. The number of aromatic carboxylic acids is 1. The van der Waals surface area contributed by atoms with Gasteiger partial charge in [-0.3, -0.25) is 0 Å². The fourth-order valence-corrected chi connectivity index (χ4v) is 4.96. The normalized spacial score (nSPS) is 21.5. The quantitative estimate of drug-likeness (QED) is 0.481. The highest BCUT2D eigenvalue weighted by atomic mass is 16.5. The van der Waals surface area contributed by atoms with E-state index < -0.39 is 5.97 Å². The van der Waals surface area contributed by atoms with Crippen LogP contribution in [0.2, 0.25) is 0 Å². The molecule has 0 heterocycles. The van der Waals surface area contributed by atoms with Crippen molar-refractivity contribution in [3.8, 4) is 5.75 Å². The summed E-state index contributed by atoms with van der Waals surface area (Å²) in [7, 11) is 0. The van der Waals surface area contributed by atoms with Crippen molar-refractivity contribution in [2.45, 2.75) is 52.4 Å². The Morgan fingerprint density at radius 3 is 2.76 bits per heavy atom. The SMILES string of the molecule is Cc1ccc(OCCC2C=CC=CC2)c(C2CC(c3cccc(C(=O)O)c3)=CCC2(C)C)c1. The number of rotatable bonds is 7. The van der Waals surface area contributed by atoms with Gasteiger partial charge in [0.25, 0.3) is 0 Å². The monoisotopic (exact) mass is 442 g/mol. The van der Waals surface area contributed by atoms with Gasteiger partial charge in [-0.15, -0.1) is 0 Å². The Bertz CT molecular complexity index is 1100. The average molecular weight is 443 g/mol. The minimum atomic E-state index is -0.886. The highest BCUT2D eigenvalue weighted by Gasteiger charge is 2.36. The molecule has 0 spiro atoms. The number of hydrogen-bond acceptors (Lipinski definition) is 2. The third-order valence-electron chi connectivity index (χ3n) is 7.08. The number of hydrogen-bond donors (Lipinski definition) is 1. The van der Waals surface area contributed by atoms with Crippen LogP contribution in [0.25, 0.3) is 5.57 Å². The second kappa shape index (κ2) is 9.82. The van der Waals surface area contributed by atoms with Crippen molar-refractivity contribution in [1.82, 2.24) is 0 Å². The summed E-state index contributed by atoms with van der Waals surface area (Å²) in [4.78, 5) is 11.5. The van der Waals surface area contributed by atoms with Gasteiger partial charge in [0, 0.05) is 0 Å². The number of aryl methyl sites for hydroxylation is 1. The van der Waals surface area contributed by atoms with Gasteiger partial charge < -0.3 is 9.84 Å². The molecule has 2 unspecified atom stereocenters. The standard InChI is InChI=1S/C30H34O3/c1-21-12-13-28(33-17-15-22-8-5-4-6-9-22)26(18-21)27-20-24(14-16-30(27,2)3)23-10-7-11-25(19-23)29(31)32/h4-8,10-14,18-19,22,27H,9,15-17,20H2,1-3H3,(H,31,32). The lowest BCUT2D eigenvalue weighted by molar-refractivity contribution is 0.0697. The zero-order chi connectivity index (χ0) is 23.4. The zero-order valence-electron chi connectivity index (χ0n) is 19.9. The molecule has 2 aliphatic rings. The van der Waals surface area contributed by atoms with Crippen molar-refractivity contribution in [2.75, 3.05) is 6.61 Å². The van der Waals surface area contributed by atoms with Crippen molar-refractivity contribution in [3.63, 3.8) is 0 Å². The lowest BCUT2D eigenvalue weighted by atomic mass is 9.65. The molecule has 0 aromatic heterocycles. The first-order valence-electron chi connectivity index (χ1n) is 11.9. The first kappa shape index (κ1) is 23.1. The maximum absolute atomic E-state index is 11.5. The Kier molecular flexibility index (Phi) is 6.88. The Labute approximate surface area is 197 Å². The molecule has 0 amide bonds. The van der Waals surface area contributed by atoms with Crippen LogP contribution >= 0.6 is 0 Å². The van der Waals surface area contributed by atoms with Gasteiger partial charge in [0.2, 0.25) is 0 Å². The fourth-order valence-electron chi connectivity index (χ4n) is 4.96. The Balaban J connectivity index is 1.57. The van der Waals surface area contributed by atoms with Gasteiger partial charge in [0.05, 0.1) is 12.2 Å². The summed E-state index contributed by atoms with van der Waals surface area (Å²) in [5.41, 5.74) is 5.13. The Morgan fingerprint density at radius 1 is 1.15 bits per heavy atom. The van der Waals surface area contributed by atoms with E-state index in [1.807, 2.05) is 12.1 Å². The van der Waals surface area contributed by atoms with E-state index in [1.54, 1.807) is 12.1 Å². The fraction of sp³-hybridized carbons (Fsp3) is 0.367. The summed E-state index contributed by atoms with van der Waals surface area (Å²) >= 11 is 0. The van der Waals surface area contributed by atoms with Gasteiger partial charge in [-0.2, -0.15) is 0 Å². The molecule has 2 aromatic carbocycles. The molecular formula is C30H34O3. The first-order valence-corrected chi connectivity index (χ1v) is 11.9. The second-order valence-corrected chi connectivity index (χ2v) is 10.1. The van der Waals surface area contributed by atoms with E-state index in [1.165, 1.54) is 16.7 Å². The maximum atomic E-state index is 11.5. The number of carbonyl (C=O) groups is 1. The van der Waals surface area contributed by atoms with E-state index in [0.717, 1.165) is 37.0 Å². The third kappa shape index (κ3) is 5.47. The highest BCUT2D eigenvalue weighted by Crippen LogP contribution is 2.51. The van der Waals surface area contributed by atoms with Crippen LogP contribution in [0.3, 0.4) is 0 Å². The Morgan fingerprint density at radius 2 is 2.00 bits per heavy atom. The molecule has 2 aromatic rings. The number of ether oxygens (including phenoxy) is 1. The van der Waals surface area contributed by atoms with Crippen molar-refractivity contribution in [1.29, 1.82) is 0 Å². The van der Waals surface area contributed by atoms with Gasteiger partial charge in [0.1, 0.15) is 5.75 Å². The zero-order valence-corrected chi connectivity index (χ0v) is 19.9. The van der Waals surface area contributed by atoms with E-state index in [-0.39, 0.29) is 5.41 Å². The van der Waals surface area contributed by atoms with Gasteiger partial charge >= 0.3 is 5.97 Å². The Hall–Kier alpha value is -3.07. The molecule has 1 N–H and O–H groups in total. The predicted molar refractivity (Wildman–Crippen MR) is 135 cm³/mol. The van der Waals surface area contributed by atoms with Crippen LogP contribution in [0, 0.1) is 18.3 Å². The molecule has 3 nitrogen and oxygen atoms in total. The molecule has 0 saturated heterocycles. The summed E-state index contributed by atoms with van der Waals surface area (Å²) in [6.45, 7) is 7.48. The van der Waals surface area contributed by atoms with Crippen molar-refractivity contribution < 1.29 is 14.6 Å². The highest BCUT2D eigenvalue weighted by molar-refractivity contribution is 5.89. The van der Waals surface area contributed by atoms with Gasteiger partial charge in [-0.1, -0.05) is 74.1 Å². The molecule has 0 bridgehead atoms. The second-order valence-electron chi connectivity index (χ2n) is 10.1. The minimum absolute atomic E-state index is 0.0801. The smallest absolute Gasteiger partial charge is 0.335 e. The molecule has 4 rings (SSSR count). The van der Waals surface area contributed by atoms with Gasteiger partial charge in [-0.25, -0.2) is 4.79 Å². The minimum Gasteiger partial charge on any atom is -0.493 e. The van der Waals surface area contributed by atoms with Crippen LogP contribution in [0.15, 0.2) is 72.8 Å². The molecule has 0 aliphatic heterocycles. The van der Waals surface area contributed by atoms with E-state index in [9.17, 15) is 9.90 Å². The number of benzene rings is 2. The van der Waals surface area contributed by atoms with Crippen molar-refractivity contribution in [2.24, 2.45) is 11.3 Å². The molecule has 2 aliphatic carbocycles. The molecule has 33 heavy (non-hydrogen) atoms. The largest absolute Gasteiger partial charge is 0.493 e. The van der Waals surface area contributed by atoms with Crippen LogP contribution in [-0.4, -0.2) is 17.7 Å². The molecule has 172 valence electrons. The lowest BCUT2D eigenvalue weighted by Gasteiger charge is -2.39. The first-order chi connectivity index (χ1) is 15.8. The predicted octanol–water partition coefficient (Wildman–Crippen LogP) is 7.58. The summed E-state index contributed by atoms with van der Waals surface area (Å²) < 4.78 is 6.38. The van der Waals surface area contributed by atoms with Crippen LogP contribution in [-0.2, 0) is 0 Å². The topological polar surface area (TPSA) is 46.5 Å². The van der Waals surface area contributed by atoms with E-state index in [4.69, 9.17) is 4.74 Å². The average Bonchev–Trinajstić information content (AvgIpc) is 2.81. The van der Waals surface area contributed by atoms with Gasteiger partial charge in [-0.05, 0) is 84.8 Å². The van der Waals surface area contributed by atoms with E-state index >= 15 is 0 Å². The third-order valence-corrected chi connectivity index (χ3v) is 7.08. The molecule has 0 radical (unpaired) electrons. The number of carboxylic acid groups (broad SMARTS) is 1. The summed E-state index contributed by atoms with van der Waals surface area (Å²) in [5, 5.41) is 9.42. The maximum Gasteiger partial charge on any atom is 0.335 e. The van der Waals surface area contributed by atoms with Crippen LogP contribution in [0.4, 0.5) is 0 Å². The van der Waals surface area contributed by atoms with Crippen molar-refractivity contribution >= 4 is 11.5 Å². The van der Waals surface area contributed by atoms with Crippen LogP contribution in [0.5, 0.6) is 5.75 Å². The molecular weight excluding hydrogens is 408 g/mol. The lowest BCUT2D eigenvalue weighted by Crippen LogP contribution is -2.26. The molecule has 2 atom stereocenters. The molecule has 0 fully saturated rings. The molecule has 3 heteroatoms. The van der Waals surface area contributed by atoms with E-state index in [0.29, 0.717) is 24.0 Å².